The summed E-state index contributed by atoms with van der Waals surface area (Å²) in [6.07, 6.45) is 0.990. The molecule has 0 saturated carbocycles. The van der Waals surface area contributed by atoms with Gasteiger partial charge in [0.2, 0.25) is 0 Å². The van der Waals surface area contributed by atoms with Crippen molar-refractivity contribution < 1.29 is 4.79 Å². The van der Waals surface area contributed by atoms with E-state index in [1.165, 1.54) is 11.1 Å². The normalized spacial score (nSPS) is 16.8. The molecule has 2 aromatic rings. The molecule has 1 heterocycles. The summed E-state index contributed by atoms with van der Waals surface area (Å²) in [6, 6.07) is 14.1. The van der Waals surface area contributed by atoms with Crippen LogP contribution in [0.5, 0.6) is 0 Å². The Hall–Kier alpha value is -2.09. The van der Waals surface area contributed by atoms with Gasteiger partial charge in [0.1, 0.15) is 0 Å². The molecule has 2 nitrogen and oxygen atoms in total. The van der Waals surface area contributed by atoms with Crippen LogP contribution in [-0.4, -0.2) is 11.8 Å². The van der Waals surface area contributed by atoms with Gasteiger partial charge in [-0.25, -0.2) is 0 Å². The topological polar surface area (TPSA) is 29.1 Å². The van der Waals surface area contributed by atoms with E-state index in [1.807, 2.05) is 49.4 Å². The minimum Gasteiger partial charge on any atom is -0.382 e. The van der Waals surface area contributed by atoms with E-state index in [0.29, 0.717) is 6.04 Å². The maximum atomic E-state index is 12.4. The lowest BCUT2D eigenvalue weighted by Gasteiger charge is -2.05. The van der Waals surface area contributed by atoms with Crippen molar-refractivity contribution >= 4 is 11.5 Å². The Bertz CT molecular complexity index is 628. The number of aryl methyl sites for hydroxylation is 1. The second kappa shape index (κ2) is 4.54. The highest BCUT2D eigenvalue weighted by atomic mass is 16.1. The van der Waals surface area contributed by atoms with Crippen LogP contribution >= 0.6 is 0 Å². The van der Waals surface area contributed by atoms with E-state index in [2.05, 4.69) is 12.2 Å². The van der Waals surface area contributed by atoms with Crippen LogP contribution in [-0.2, 0) is 6.42 Å². The van der Waals surface area contributed by atoms with Crippen LogP contribution < -0.4 is 5.32 Å². The molecular weight excluding hydrogens is 234 g/mol. The Morgan fingerprint density at radius 1 is 1.11 bits per heavy atom. The third-order valence-electron chi connectivity index (χ3n) is 3.61. The predicted octanol–water partition coefficient (Wildman–Crippen LogP) is 3.58. The lowest BCUT2D eigenvalue weighted by molar-refractivity contribution is 0.103. The van der Waals surface area contributed by atoms with Crippen LogP contribution in [0.1, 0.15) is 34.0 Å². The lowest BCUT2D eigenvalue weighted by atomic mass is 9.99. The molecule has 1 aliphatic rings. The summed E-state index contributed by atoms with van der Waals surface area (Å²) in [5.41, 5.74) is 5.10. The van der Waals surface area contributed by atoms with E-state index in [1.54, 1.807) is 0 Å². The van der Waals surface area contributed by atoms with Gasteiger partial charge in [0.15, 0.2) is 5.78 Å². The molecule has 0 spiro atoms. The molecule has 0 bridgehead atoms. The Morgan fingerprint density at radius 2 is 1.79 bits per heavy atom. The number of hydrogen-bond acceptors (Lipinski definition) is 2. The van der Waals surface area contributed by atoms with Crippen LogP contribution in [0.15, 0.2) is 42.5 Å². The summed E-state index contributed by atoms with van der Waals surface area (Å²) in [5.74, 6) is 0.0994. The quantitative estimate of drug-likeness (QED) is 0.826. The standard InChI is InChI=1S/C17H17NO/c1-11-3-5-13(6-4-11)17(19)14-7-8-16-15(10-14)9-12(2)18-16/h3-8,10,12,18H,9H2,1-2H3. The maximum absolute atomic E-state index is 12.4. The predicted molar refractivity (Wildman–Crippen MR) is 77.8 cm³/mol. The van der Waals surface area contributed by atoms with E-state index >= 15 is 0 Å². The molecule has 1 aliphatic heterocycles. The molecule has 1 atom stereocenters. The molecule has 0 aromatic heterocycles. The summed E-state index contributed by atoms with van der Waals surface area (Å²) in [6.45, 7) is 4.18. The van der Waals surface area contributed by atoms with Crippen LogP contribution in [0.3, 0.4) is 0 Å². The van der Waals surface area contributed by atoms with Gasteiger partial charge in [-0.3, -0.25) is 4.79 Å². The zero-order valence-electron chi connectivity index (χ0n) is 11.2. The number of benzene rings is 2. The van der Waals surface area contributed by atoms with Crippen molar-refractivity contribution in [3.05, 3.63) is 64.7 Å². The fraction of sp³-hybridized carbons (Fsp3) is 0.235. The third-order valence-corrected chi connectivity index (χ3v) is 3.61. The Balaban J connectivity index is 1.93. The molecule has 0 aliphatic carbocycles. The molecule has 0 amide bonds. The summed E-state index contributed by atoms with van der Waals surface area (Å²) >= 11 is 0. The number of carbonyl (C=O) groups excluding carboxylic acids is 1. The van der Waals surface area contributed by atoms with Gasteiger partial charge in [-0.1, -0.05) is 29.8 Å². The number of fused-ring (bicyclic) bond motifs is 1. The number of anilines is 1. The molecule has 0 fully saturated rings. The molecule has 0 radical (unpaired) electrons. The van der Waals surface area contributed by atoms with E-state index < -0.39 is 0 Å². The van der Waals surface area contributed by atoms with Crippen LogP contribution in [0.4, 0.5) is 5.69 Å². The van der Waals surface area contributed by atoms with Gasteiger partial charge < -0.3 is 5.32 Å². The Labute approximate surface area is 113 Å². The first-order valence-electron chi connectivity index (χ1n) is 6.64. The highest BCUT2D eigenvalue weighted by Gasteiger charge is 2.18. The van der Waals surface area contributed by atoms with Gasteiger partial charge in [-0.2, -0.15) is 0 Å². The van der Waals surface area contributed by atoms with Gasteiger partial charge >= 0.3 is 0 Å². The summed E-state index contributed by atoms with van der Waals surface area (Å²) in [4.78, 5) is 12.4. The number of ketones is 1. The van der Waals surface area contributed by atoms with E-state index in [4.69, 9.17) is 0 Å². The summed E-state index contributed by atoms with van der Waals surface area (Å²) in [5, 5.41) is 3.40. The highest BCUT2D eigenvalue weighted by molar-refractivity contribution is 6.09. The number of rotatable bonds is 2. The van der Waals surface area contributed by atoms with Crippen molar-refractivity contribution in [2.75, 3.05) is 5.32 Å². The molecule has 2 aromatic carbocycles. The first-order valence-corrected chi connectivity index (χ1v) is 6.64. The van der Waals surface area contributed by atoms with E-state index in [0.717, 1.165) is 23.2 Å². The largest absolute Gasteiger partial charge is 0.382 e. The van der Waals surface area contributed by atoms with E-state index in [-0.39, 0.29) is 5.78 Å². The monoisotopic (exact) mass is 251 g/mol. The van der Waals surface area contributed by atoms with Gasteiger partial charge in [0, 0.05) is 22.9 Å². The van der Waals surface area contributed by atoms with Gasteiger partial charge in [0.05, 0.1) is 0 Å². The van der Waals surface area contributed by atoms with Crippen molar-refractivity contribution in [1.29, 1.82) is 0 Å². The van der Waals surface area contributed by atoms with Crippen molar-refractivity contribution in [1.82, 2.24) is 0 Å². The first-order chi connectivity index (χ1) is 9.13. The first kappa shape index (κ1) is 12.0. The Morgan fingerprint density at radius 3 is 2.53 bits per heavy atom. The highest BCUT2D eigenvalue weighted by Crippen LogP contribution is 2.27. The minimum absolute atomic E-state index is 0.0994. The number of nitrogens with one attached hydrogen (secondary N) is 1. The average molecular weight is 251 g/mol. The van der Waals surface area contributed by atoms with Crippen molar-refractivity contribution in [2.45, 2.75) is 26.3 Å². The van der Waals surface area contributed by atoms with Crippen molar-refractivity contribution in [3.8, 4) is 0 Å². The van der Waals surface area contributed by atoms with Crippen molar-refractivity contribution in [3.63, 3.8) is 0 Å². The van der Waals surface area contributed by atoms with Gasteiger partial charge in [-0.15, -0.1) is 0 Å². The van der Waals surface area contributed by atoms with Crippen LogP contribution in [0.2, 0.25) is 0 Å². The second-order valence-corrected chi connectivity index (χ2v) is 5.32. The molecule has 96 valence electrons. The smallest absolute Gasteiger partial charge is 0.193 e. The second-order valence-electron chi connectivity index (χ2n) is 5.32. The number of hydrogen-bond donors (Lipinski definition) is 1. The molecule has 0 saturated heterocycles. The zero-order chi connectivity index (χ0) is 13.4. The summed E-state index contributed by atoms with van der Waals surface area (Å²) in [7, 11) is 0. The molecule has 1 N–H and O–H groups in total. The zero-order valence-corrected chi connectivity index (χ0v) is 11.2. The summed E-state index contributed by atoms with van der Waals surface area (Å²) < 4.78 is 0. The number of carbonyl (C=O) groups is 1. The average Bonchev–Trinajstić information content (AvgIpc) is 2.77. The minimum atomic E-state index is 0.0994. The van der Waals surface area contributed by atoms with Crippen LogP contribution in [0.25, 0.3) is 0 Å². The molecule has 1 unspecified atom stereocenters. The third kappa shape index (κ3) is 2.26. The Kier molecular flexibility index (Phi) is 2.86. The lowest BCUT2D eigenvalue weighted by Crippen LogP contribution is -2.08. The molecule has 3 rings (SSSR count). The van der Waals surface area contributed by atoms with E-state index in [9.17, 15) is 4.79 Å². The molecular formula is C17H17NO. The SMILES string of the molecule is Cc1ccc(C(=O)c2ccc3c(c2)CC(C)N3)cc1. The molecule has 2 heteroatoms. The maximum Gasteiger partial charge on any atom is 0.193 e. The van der Waals surface area contributed by atoms with Gasteiger partial charge in [-0.05, 0) is 44.0 Å². The fourth-order valence-electron chi connectivity index (χ4n) is 2.56. The van der Waals surface area contributed by atoms with Crippen LogP contribution in [0, 0.1) is 6.92 Å². The molecule has 19 heavy (non-hydrogen) atoms. The van der Waals surface area contributed by atoms with Gasteiger partial charge in [0.25, 0.3) is 0 Å². The fourth-order valence-corrected chi connectivity index (χ4v) is 2.56. The van der Waals surface area contributed by atoms with Crippen molar-refractivity contribution in [2.24, 2.45) is 0 Å².